The minimum absolute atomic E-state index is 0.0116. The van der Waals surface area contributed by atoms with Crippen molar-refractivity contribution in [3.8, 4) is 0 Å². The molecule has 1 aromatic carbocycles. The average molecular weight is 295 g/mol. The highest BCUT2D eigenvalue weighted by Crippen LogP contribution is 2.21. The lowest BCUT2D eigenvalue weighted by Gasteiger charge is -2.08. The van der Waals surface area contributed by atoms with Gasteiger partial charge < -0.3 is 5.11 Å². The minimum atomic E-state index is -3.77. The van der Waals surface area contributed by atoms with Gasteiger partial charge in [-0.1, -0.05) is 0 Å². The Morgan fingerprint density at radius 2 is 1.85 bits per heavy atom. The first-order valence-electron chi connectivity index (χ1n) is 5.69. The molecule has 0 bridgehead atoms. The molecule has 2 rings (SSSR count). The monoisotopic (exact) mass is 295 g/mol. The van der Waals surface area contributed by atoms with E-state index in [1.807, 2.05) is 0 Å². The summed E-state index contributed by atoms with van der Waals surface area (Å²) >= 11 is 0. The first-order chi connectivity index (χ1) is 9.31. The predicted octanol–water partition coefficient (Wildman–Crippen LogP) is 1.53. The summed E-state index contributed by atoms with van der Waals surface area (Å²) in [6.45, 7) is 3.38. The molecule has 0 atom stereocenters. The first-order valence-corrected chi connectivity index (χ1v) is 7.17. The molecule has 0 unspecified atom stereocenters. The van der Waals surface area contributed by atoms with Crippen LogP contribution in [0.2, 0.25) is 0 Å². The van der Waals surface area contributed by atoms with Gasteiger partial charge in [-0.25, -0.2) is 13.2 Å². The summed E-state index contributed by atoms with van der Waals surface area (Å²) in [7, 11) is -3.77. The number of hydrogen-bond acceptors (Lipinski definition) is 4. The van der Waals surface area contributed by atoms with E-state index in [9.17, 15) is 13.2 Å². The lowest BCUT2D eigenvalue weighted by atomic mass is 10.2. The molecule has 0 spiro atoms. The summed E-state index contributed by atoms with van der Waals surface area (Å²) in [4.78, 5) is 10.7. The van der Waals surface area contributed by atoms with Crippen LogP contribution >= 0.6 is 0 Å². The van der Waals surface area contributed by atoms with E-state index in [0.29, 0.717) is 17.1 Å². The van der Waals surface area contributed by atoms with E-state index in [1.54, 1.807) is 13.8 Å². The van der Waals surface area contributed by atoms with Crippen LogP contribution in [-0.2, 0) is 10.0 Å². The molecule has 1 aromatic heterocycles. The number of nitrogens with zero attached hydrogens (tertiary/aromatic N) is 1. The molecule has 3 N–H and O–H groups in total. The van der Waals surface area contributed by atoms with E-state index < -0.39 is 16.0 Å². The van der Waals surface area contributed by atoms with Gasteiger partial charge in [0.2, 0.25) is 0 Å². The molecular weight excluding hydrogens is 282 g/mol. The van der Waals surface area contributed by atoms with Crippen LogP contribution in [-0.4, -0.2) is 29.7 Å². The number of benzene rings is 1. The zero-order valence-corrected chi connectivity index (χ0v) is 11.7. The van der Waals surface area contributed by atoms with Gasteiger partial charge in [-0.2, -0.15) is 5.10 Å². The zero-order valence-electron chi connectivity index (χ0n) is 10.8. The van der Waals surface area contributed by atoms with Crippen molar-refractivity contribution < 1.29 is 18.3 Å². The molecule has 0 aliphatic heterocycles. The smallest absolute Gasteiger partial charge is 0.335 e. The zero-order chi connectivity index (χ0) is 14.9. The van der Waals surface area contributed by atoms with Crippen LogP contribution in [0.5, 0.6) is 0 Å². The SMILES string of the molecule is Cc1n[nH]c(C)c1NS(=O)(=O)c1ccc(C(=O)O)cc1. The van der Waals surface area contributed by atoms with Crippen molar-refractivity contribution in [3.63, 3.8) is 0 Å². The van der Waals surface area contributed by atoms with Crippen LogP contribution < -0.4 is 4.72 Å². The maximum absolute atomic E-state index is 12.2. The summed E-state index contributed by atoms with van der Waals surface area (Å²) in [5, 5.41) is 15.4. The Bertz CT molecular complexity index is 728. The summed E-state index contributed by atoms with van der Waals surface area (Å²) in [6, 6.07) is 4.98. The lowest BCUT2D eigenvalue weighted by molar-refractivity contribution is 0.0696. The van der Waals surface area contributed by atoms with E-state index in [1.165, 1.54) is 24.3 Å². The largest absolute Gasteiger partial charge is 0.478 e. The number of hydrogen-bond donors (Lipinski definition) is 3. The Balaban J connectivity index is 2.33. The quantitative estimate of drug-likeness (QED) is 0.791. The molecule has 8 heteroatoms. The van der Waals surface area contributed by atoms with E-state index in [0.717, 1.165) is 0 Å². The first kappa shape index (κ1) is 14.1. The fourth-order valence-electron chi connectivity index (χ4n) is 1.67. The van der Waals surface area contributed by atoms with Crippen molar-refractivity contribution >= 4 is 21.7 Å². The van der Waals surface area contributed by atoms with E-state index in [4.69, 9.17) is 5.11 Å². The average Bonchev–Trinajstić information content (AvgIpc) is 2.70. The normalized spacial score (nSPS) is 11.3. The molecule has 0 fully saturated rings. The second-order valence-corrected chi connectivity index (χ2v) is 5.93. The summed E-state index contributed by atoms with van der Waals surface area (Å²) in [6.07, 6.45) is 0. The number of rotatable bonds is 4. The second-order valence-electron chi connectivity index (χ2n) is 4.24. The molecular formula is C12H13N3O4S. The van der Waals surface area contributed by atoms with Crippen LogP contribution in [0.1, 0.15) is 21.7 Å². The summed E-state index contributed by atoms with van der Waals surface area (Å²) in [5.74, 6) is -1.11. The number of nitrogens with one attached hydrogen (secondary N) is 2. The van der Waals surface area contributed by atoms with Gasteiger partial charge in [-0.3, -0.25) is 9.82 Å². The van der Waals surface area contributed by atoms with Gasteiger partial charge >= 0.3 is 5.97 Å². The van der Waals surface area contributed by atoms with Crippen molar-refractivity contribution in [3.05, 3.63) is 41.2 Å². The molecule has 20 heavy (non-hydrogen) atoms. The number of carboxylic acid groups (broad SMARTS) is 1. The third-order valence-electron chi connectivity index (χ3n) is 2.78. The number of aromatic nitrogens is 2. The van der Waals surface area contributed by atoms with Gasteiger partial charge in [0.1, 0.15) is 0 Å². The van der Waals surface area contributed by atoms with Gasteiger partial charge in [0.05, 0.1) is 27.5 Å². The molecule has 0 aliphatic rings. The molecule has 0 aliphatic carbocycles. The van der Waals surface area contributed by atoms with Crippen LogP contribution in [0, 0.1) is 13.8 Å². The number of H-pyrrole nitrogens is 1. The van der Waals surface area contributed by atoms with Crippen LogP contribution in [0.15, 0.2) is 29.2 Å². The number of aromatic carboxylic acids is 1. The predicted molar refractivity (Wildman–Crippen MR) is 72.3 cm³/mol. The van der Waals surface area contributed by atoms with Gasteiger partial charge in [0.15, 0.2) is 0 Å². The van der Waals surface area contributed by atoms with Crippen molar-refractivity contribution in [1.82, 2.24) is 10.2 Å². The third kappa shape index (κ3) is 2.64. The van der Waals surface area contributed by atoms with Gasteiger partial charge in [-0.15, -0.1) is 0 Å². The van der Waals surface area contributed by atoms with Crippen LogP contribution in [0.4, 0.5) is 5.69 Å². The number of aromatic amines is 1. The highest BCUT2D eigenvalue weighted by molar-refractivity contribution is 7.92. The van der Waals surface area contributed by atoms with Gasteiger partial charge in [0, 0.05) is 0 Å². The molecule has 0 radical (unpaired) electrons. The van der Waals surface area contributed by atoms with Crippen molar-refractivity contribution in [2.75, 3.05) is 4.72 Å². The Kier molecular flexibility index (Phi) is 3.49. The maximum Gasteiger partial charge on any atom is 0.335 e. The third-order valence-corrected chi connectivity index (χ3v) is 4.14. The fourth-order valence-corrected chi connectivity index (χ4v) is 2.85. The Labute approximate surface area is 115 Å². The summed E-state index contributed by atoms with van der Waals surface area (Å²) < 4.78 is 26.8. The Morgan fingerprint density at radius 3 is 2.30 bits per heavy atom. The molecule has 0 saturated carbocycles. The minimum Gasteiger partial charge on any atom is -0.478 e. The van der Waals surface area contributed by atoms with E-state index in [-0.39, 0.29) is 10.5 Å². The number of anilines is 1. The van der Waals surface area contributed by atoms with E-state index in [2.05, 4.69) is 14.9 Å². The van der Waals surface area contributed by atoms with Crippen molar-refractivity contribution in [2.45, 2.75) is 18.7 Å². The summed E-state index contributed by atoms with van der Waals surface area (Å²) in [5.41, 5.74) is 1.56. The molecule has 106 valence electrons. The van der Waals surface area contributed by atoms with Gasteiger partial charge in [0.25, 0.3) is 10.0 Å². The van der Waals surface area contributed by atoms with Crippen molar-refractivity contribution in [2.24, 2.45) is 0 Å². The highest BCUT2D eigenvalue weighted by Gasteiger charge is 2.18. The number of carboxylic acids is 1. The van der Waals surface area contributed by atoms with E-state index >= 15 is 0 Å². The lowest BCUT2D eigenvalue weighted by Crippen LogP contribution is -2.14. The molecule has 2 aromatic rings. The number of sulfonamides is 1. The molecule has 0 saturated heterocycles. The number of aryl methyl sites for hydroxylation is 2. The topological polar surface area (TPSA) is 112 Å². The molecule has 1 heterocycles. The second kappa shape index (κ2) is 4.97. The Hall–Kier alpha value is -2.35. The number of carbonyl (C=O) groups is 1. The van der Waals surface area contributed by atoms with Crippen LogP contribution in [0.3, 0.4) is 0 Å². The fraction of sp³-hybridized carbons (Fsp3) is 0.167. The molecule has 7 nitrogen and oxygen atoms in total. The maximum atomic E-state index is 12.2. The van der Waals surface area contributed by atoms with Crippen molar-refractivity contribution in [1.29, 1.82) is 0 Å². The van der Waals surface area contributed by atoms with Gasteiger partial charge in [-0.05, 0) is 38.1 Å². The Morgan fingerprint density at radius 1 is 1.25 bits per heavy atom. The molecule has 0 amide bonds. The van der Waals surface area contributed by atoms with Crippen LogP contribution in [0.25, 0.3) is 0 Å². The standard InChI is InChI=1S/C12H13N3O4S/c1-7-11(8(2)14-13-7)15-20(18,19)10-5-3-9(4-6-10)12(16)17/h3-6,15H,1-2H3,(H,13,14)(H,16,17). The highest BCUT2D eigenvalue weighted by atomic mass is 32.2.